The maximum atomic E-state index is 13.3. The van der Waals surface area contributed by atoms with Crippen LogP contribution in [0.25, 0.3) is 0 Å². The molecule has 8 nitrogen and oxygen atoms in total. The molecule has 9 heteroatoms. The van der Waals surface area contributed by atoms with Gasteiger partial charge in [-0.05, 0) is 62.1 Å². The van der Waals surface area contributed by atoms with Gasteiger partial charge in [0.15, 0.2) is 6.61 Å². The molecule has 0 aromatic heterocycles. The molecule has 1 aliphatic heterocycles. The Bertz CT molecular complexity index is 1120. The number of carbonyl (C=O) groups is 2. The van der Waals surface area contributed by atoms with Crippen LogP contribution in [-0.4, -0.2) is 50.9 Å². The number of sulfonamides is 1. The van der Waals surface area contributed by atoms with Crippen LogP contribution in [0.4, 0.5) is 5.69 Å². The molecule has 1 saturated heterocycles. The number of ether oxygens (including phenoxy) is 2. The lowest BCUT2D eigenvalue weighted by atomic mass is 10.1. The second kappa shape index (κ2) is 10.8. The summed E-state index contributed by atoms with van der Waals surface area (Å²) in [5, 5.41) is 2.69. The van der Waals surface area contributed by atoms with E-state index in [0.29, 0.717) is 12.2 Å². The van der Waals surface area contributed by atoms with Crippen LogP contribution < -0.4 is 10.1 Å². The number of amides is 1. The van der Waals surface area contributed by atoms with Crippen LogP contribution in [0.5, 0.6) is 5.75 Å². The molecule has 2 aromatic carbocycles. The van der Waals surface area contributed by atoms with Gasteiger partial charge in [-0.25, -0.2) is 13.2 Å². The number of hydrogen-bond acceptors (Lipinski definition) is 6. The lowest BCUT2D eigenvalue weighted by Gasteiger charge is -2.32. The Morgan fingerprint density at radius 3 is 2.64 bits per heavy atom. The number of methoxy groups -OCH3 is 1. The fourth-order valence-corrected chi connectivity index (χ4v) is 5.72. The summed E-state index contributed by atoms with van der Waals surface area (Å²) in [5.41, 5.74) is 1.71. The molecule has 178 valence electrons. The molecule has 0 spiro atoms. The molecule has 1 N–H and O–H groups in total. The zero-order valence-corrected chi connectivity index (χ0v) is 20.0. The highest BCUT2D eigenvalue weighted by Crippen LogP contribution is 2.31. The van der Waals surface area contributed by atoms with Crippen molar-refractivity contribution in [1.29, 1.82) is 0 Å². The van der Waals surface area contributed by atoms with Gasteiger partial charge in [-0.1, -0.05) is 25.5 Å². The summed E-state index contributed by atoms with van der Waals surface area (Å²) in [7, 11) is -2.49. The van der Waals surface area contributed by atoms with Crippen molar-refractivity contribution in [2.75, 3.05) is 25.6 Å². The molecule has 33 heavy (non-hydrogen) atoms. The highest BCUT2D eigenvalue weighted by atomic mass is 32.2. The maximum Gasteiger partial charge on any atom is 0.338 e. The van der Waals surface area contributed by atoms with Crippen LogP contribution in [0.15, 0.2) is 47.4 Å². The highest BCUT2D eigenvalue weighted by molar-refractivity contribution is 7.89. The van der Waals surface area contributed by atoms with Crippen LogP contribution >= 0.6 is 0 Å². The molecule has 1 amide bonds. The Labute approximate surface area is 194 Å². The van der Waals surface area contributed by atoms with Gasteiger partial charge in [-0.3, -0.25) is 4.79 Å². The maximum absolute atomic E-state index is 13.3. The van der Waals surface area contributed by atoms with E-state index in [1.165, 1.54) is 29.6 Å². The zero-order chi connectivity index (χ0) is 24.0. The number of anilines is 1. The van der Waals surface area contributed by atoms with Gasteiger partial charge in [-0.15, -0.1) is 0 Å². The molecule has 1 unspecified atom stereocenters. The van der Waals surface area contributed by atoms with Gasteiger partial charge in [0.2, 0.25) is 10.0 Å². The van der Waals surface area contributed by atoms with Crippen molar-refractivity contribution in [3.05, 3.63) is 53.6 Å². The smallest absolute Gasteiger partial charge is 0.338 e. The highest BCUT2D eigenvalue weighted by Gasteiger charge is 2.33. The lowest BCUT2D eigenvalue weighted by Crippen LogP contribution is -2.42. The van der Waals surface area contributed by atoms with E-state index in [1.807, 2.05) is 32.0 Å². The molecule has 1 atom stereocenters. The van der Waals surface area contributed by atoms with Gasteiger partial charge in [-0.2, -0.15) is 4.31 Å². The van der Waals surface area contributed by atoms with Crippen LogP contribution in [0.1, 0.15) is 49.0 Å². The van der Waals surface area contributed by atoms with Crippen LogP contribution in [-0.2, 0) is 26.0 Å². The van der Waals surface area contributed by atoms with Crippen LogP contribution in [0, 0.1) is 0 Å². The first kappa shape index (κ1) is 24.7. The monoisotopic (exact) mass is 474 g/mol. The second-order valence-corrected chi connectivity index (χ2v) is 9.86. The number of carbonyl (C=O) groups excluding carboxylic acids is 2. The third-order valence-corrected chi connectivity index (χ3v) is 7.72. The van der Waals surface area contributed by atoms with Gasteiger partial charge in [0, 0.05) is 18.3 Å². The Kier molecular flexibility index (Phi) is 8.10. The first-order chi connectivity index (χ1) is 15.8. The van der Waals surface area contributed by atoms with Crippen molar-refractivity contribution in [2.45, 2.75) is 50.5 Å². The molecule has 1 heterocycles. The van der Waals surface area contributed by atoms with Gasteiger partial charge >= 0.3 is 5.97 Å². The van der Waals surface area contributed by atoms with Crippen molar-refractivity contribution in [3.63, 3.8) is 0 Å². The SMILES string of the molecule is CCc1cccc(NC(=O)COC(=O)c2ccc(OC)c(S(=O)(=O)N3CCCCC3C)c2)c1. The molecule has 3 rings (SSSR count). The number of benzene rings is 2. The predicted molar refractivity (Wildman–Crippen MR) is 125 cm³/mol. The van der Waals surface area contributed by atoms with E-state index in [-0.39, 0.29) is 22.3 Å². The van der Waals surface area contributed by atoms with Crippen molar-refractivity contribution in [1.82, 2.24) is 4.31 Å². The first-order valence-electron chi connectivity index (χ1n) is 11.0. The zero-order valence-electron chi connectivity index (χ0n) is 19.2. The average molecular weight is 475 g/mol. The predicted octanol–water partition coefficient (Wildman–Crippen LogP) is 3.62. The van der Waals surface area contributed by atoms with Gasteiger partial charge in [0.1, 0.15) is 10.6 Å². The molecule has 0 aliphatic carbocycles. The number of nitrogens with zero attached hydrogens (tertiary/aromatic N) is 1. The first-order valence-corrected chi connectivity index (χ1v) is 12.5. The van der Waals surface area contributed by atoms with Crippen molar-refractivity contribution in [3.8, 4) is 5.75 Å². The number of nitrogens with one attached hydrogen (secondary N) is 1. The summed E-state index contributed by atoms with van der Waals surface area (Å²) < 4.78 is 38.4. The molecule has 2 aromatic rings. The molecule has 1 aliphatic rings. The minimum Gasteiger partial charge on any atom is -0.495 e. The number of rotatable bonds is 8. The third-order valence-electron chi connectivity index (χ3n) is 5.68. The van der Waals surface area contributed by atoms with Gasteiger partial charge < -0.3 is 14.8 Å². The molecule has 0 radical (unpaired) electrons. The summed E-state index contributed by atoms with van der Waals surface area (Å²) in [6.45, 7) is 3.81. The van der Waals surface area contributed by atoms with Crippen LogP contribution in [0.2, 0.25) is 0 Å². The van der Waals surface area contributed by atoms with Crippen molar-refractivity contribution >= 4 is 27.6 Å². The molecule has 1 fully saturated rings. The van der Waals surface area contributed by atoms with E-state index in [9.17, 15) is 18.0 Å². The third kappa shape index (κ3) is 5.91. The second-order valence-electron chi connectivity index (χ2n) is 8.00. The summed E-state index contributed by atoms with van der Waals surface area (Å²) in [5.74, 6) is -1.13. The number of esters is 1. The molecule has 0 bridgehead atoms. The number of aryl methyl sites for hydroxylation is 1. The largest absolute Gasteiger partial charge is 0.495 e. The van der Waals surface area contributed by atoms with E-state index in [4.69, 9.17) is 9.47 Å². The summed E-state index contributed by atoms with van der Waals surface area (Å²) in [6, 6.07) is 11.3. The summed E-state index contributed by atoms with van der Waals surface area (Å²) in [4.78, 5) is 24.7. The van der Waals surface area contributed by atoms with Crippen LogP contribution in [0.3, 0.4) is 0 Å². The minimum atomic E-state index is -3.87. The average Bonchev–Trinajstić information content (AvgIpc) is 2.82. The lowest BCUT2D eigenvalue weighted by molar-refractivity contribution is -0.119. The Morgan fingerprint density at radius 2 is 1.94 bits per heavy atom. The molecular weight excluding hydrogens is 444 g/mol. The van der Waals surface area contributed by atoms with E-state index >= 15 is 0 Å². The van der Waals surface area contributed by atoms with E-state index in [2.05, 4.69) is 5.32 Å². The minimum absolute atomic E-state index is 0.0276. The standard InChI is InChI=1S/C24H30N2O6S/c1-4-18-9-7-10-20(14-18)25-23(27)16-32-24(28)19-11-12-21(31-3)22(15-19)33(29,30)26-13-6-5-8-17(26)2/h7,9-12,14-15,17H,4-6,8,13,16H2,1-3H3,(H,25,27). The summed E-state index contributed by atoms with van der Waals surface area (Å²) in [6.07, 6.45) is 3.36. The molecular formula is C24H30N2O6S. The van der Waals surface area contributed by atoms with Crippen molar-refractivity contribution < 1.29 is 27.5 Å². The number of hydrogen-bond donors (Lipinski definition) is 1. The topological polar surface area (TPSA) is 102 Å². The van der Waals surface area contributed by atoms with Gasteiger partial charge in [0.25, 0.3) is 5.91 Å². The van der Waals surface area contributed by atoms with E-state index < -0.39 is 28.5 Å². The normalized spacial score (nSPS) is 16.8. The van der Waals surface area contributed by atoms with Crippen molar-refractivity contribution in [2.24, 2.45) is 0 Å². The summed E-state index contributed by atoms with van der Waals surface area (Å²) >= 11 is 0. The quantitative estimate of drug-likeness (QED) is 0.587. The fraction of sp³-hybridized carbons (Fsp3) is 0.417. The van der Waals surface area contributed by atoms with E-state index in [0.717, 1.165) is 31.2 Å². The Hall–Kier alpha value is -2.91. The fourth-order valence-electron chi connectivity index (χ4n) is 3.84. The Balaban J connectivity index is 1.72. The Morgan fingerprint density at radius 1 is 1.15 bits per heavy atom. The molecule has 0 saturated carbocycles. The number of piperidine rings is 1. The van der Waals surface area contributed by atoms with Gasteiger partial charge in [0.05, 0.1) is 12.7 Å². The van der Waals surface area contributed by atoms with E-state index in [1.54, 1.807) is 6.07 Å².